The Morgan fingerprint density at radius 3 is 2.64 bits per heavy atom. The minimum Gasteiger partial charge on any atom is -0.329 e. The van der Waals surface area contributed by atoms with Crippen LogP contribution in [0.4, 0.5) is 8.78 Å². The summed E-state index contributed by atoms with van der Waals surface area (Å²) in [6, 6.07) is 4.56. The van der Waals surface area contributed by atoms with Gasteiger partial charge in [0.25, 0.3) is 11.8 Å². The first-order valence-electron chi connectivity index (χ1n) is 8.76. The lowest BCUT2D eigenvalue weighted by Crippen LogP contribution is -2.55. The molecule has 4 nitrogen and oxygen atoms in total. The number of aryl methyl sites for hydroxylation is 1. The molecule has 0 unspecified atom stereocenters. The molecule has 0 aliphatic carbocycles. The summed E-state index contributed by atoms with van der Waals surface area (Å²) in [5.74, 6) is -3.15. The highest BCUT2D eigenvalue weighted by atomic mass is 127. The molecule has 2 aromatic rings. The maximum absolute atomic E-state index is 14.3. The molecule has 1 aromatic carbocycles. The van der Waals surface area contributed by atoms with Crippen molar-refractivity contribution < 1.29 is 13.6 Å². The first kappa shape index (κ1) is 21.6. The van der Waals surface area contributed by atoms with Crippen LogP contribution in [0.25, 0.3) is 0 Å². The zero-order chi connectivity index (χ0) is 20.5. The van der Waals surface area contributed by atoms with Crippen LogP contribution >= 0.6 is 45.8 Å². The number of hydrogen-bond acceptors (Lipinski definition) is 3. The average Bonchev–Trinajstić information content (AvgIpc) is 2.62. The topological polar surface area (TPSA) is 46.1 Å². The van der Waals surface area contributed by atoms with Crippen LogP contribution in [0.3, 0.4) is 0 Å². The monoisotopic (exact) mass is 539 g/mol. The Kier molecular flexibility index (Phi) is 6.76. The van der Waals surface area contributed by atoms with Crippen molar-refractivity contribution in [2.45, 2.75) is 38.2 Å². The summed E-state index contributed by atoms with van der Waals surface area (Å²) in [6.07, 6.45) is 3.70. The van der Waals surface area contributed by atoms with E-state index in [1.807, 2.05) is 22.6 Å². The number of alkyl halides is 2. The third-order valence-corrected chi connectivity index (χ3v) is 6.21. The number of carbonyl (C=O) groups is 1. The minimum absolute atomic E-state index is 0.254. The summed E-state index contributed by atoms with van der Waals surface area (Å²) < 4.78 is 29.2. The molecule has 0 radical (unpaired) electrons. The summed E-state index contributed by atoms with van der Waals surface area (Å²) in [4.78, 5) is 22.8. The highest BCUT2D eigenvalue weighted by molar-refractivity contribution is 14.1. The second-order valence-corrected chi connectivity index (χ2v) is 9.05. The second kappa shape index (κ2) is 8.75. The molecule has 2 atom stereocenters. The molecule has 1 aliphatic rings. The number of benzene rings is 1. The average molecular weight is 540 g/mol. The lowest BCUT2D eigenvalue weighted by atomic mass is 9.85. The Labute approximate surface area is 185 Å². The van der Waals surface area contributed by atoms with E-state index in [1.165, 1.54) is 23.4 Å². The molecular formula is C19H18Cl2F2IN3O. The van der Waals surface area contributed by atoms with Gasteiger partial charge in [-0.15, -0.1) is 0 Å². The van der Waals surface area contributed by atoms with Crippen molar-refractivity contribution in [1.82, 2.24) is 14.9 Å². The van der Waals surface area contributed by atoms with E-state index in [0.717, 1.165) is 0 Å². The van der Waals surface area contributed by atoms with Crippen molar-refractivity contribution in [1.29, 1.82) is 0 Å². The molecule has 28 heavy (non-hydrogen) atoms. The Morgan fingerprint density at radius 1 is 1.29 bits per heavy atom. The Hall–Kier alpha value is -1.06. The fourth-order valence-electron chi connectivity index (χ4n) is 3.57. The molecule has 1 aliphatic heterocycles. The molecular weight excluding hydrogens is 522 g/mol. The lowest BCUT2D eigenvalue weighted by Gasteiger charge is -2.43. The van der Waals surface area contributed by atoms with Gasteiger partial charge in [0.2, 0.25) is 0 Å². The van der Waals surface area contributed by atoms with Crippen molar-refractivity contribution in [2.75, 3.05) is 6.54 Å². The number of hydrogen-bond donors (Lipinski definition) is 0. The van der Waals surface area contributed by atoms with Crippen LogP contribution in [0.5, 0.6) is 0 Å². The number of amides is 1. The Balaban J connectivity index is 1.85. The number of rotatable bonds is 4. The van der Waals surface area contributed by atoms with Crippen molar-refractivity contribution in [3.63, 3.8) is 0 Å². The SMILES string of the molecule is C[C@@H]1CC(F)(F)CN(C(=O)c2cc(Cl)ccc2I)[C@@H]1CCc1ncc(Cl)cn1. The zero-order valence-electron chi connectivity index (χ0n) is 15.0. The van der Waals surface area contributed by atoms with Crippen LogP contribution in [-0.4, -0.2) is 39.3 Å². The van der Waals surface area contributed by atoms with E-state index in [1.54, 1.807) is 19.1 Å². The first-order valence-corrected chi connectivity index (χ1v) is 10.6. The number of nitrogens with zero attached hydrogens (tertiary/aromatic N) is 3. The highest BCUT2D eigenvalue weighted by Crippen LogP contribution is 2.37. The Morgan fingerprint density at radius 2 is 1.96 bits per heavy atom. The predicted molar refractivity (Wildman–Crippen MR) is 113 cm³/mol. The maximum atomic E-state index is 14.3. The summed E-state index contributed by atoms with van der Waals surface area (Å²) in [5.41, 5.74) is 0.339. The molecule has 1 aromatic heterocycles. The fraction of sp³-hybridized carbons (Fsp3) is 0.421. The van der Waals surface area contributed by atoms with E-state index in [0.29, 0.717) is 37.8 Å². The van der Waals surface area contributed by atoms with E-state index < -0.39 is 18.4 Å². The van der Waals surface area contributed by atoms with E-state index in [4.69, 9.17) is 23.2 Å². The van der Waals surface area contributed by atoms with Crippen LogP contribution in [-0.2, 0) is 6.42 Å². The van der Waals surface area contributed by atoms with Crippen LogP contribution in [0, 0.1) is 9.49 Å². The van der Waals surface area contributed by atoms with Gasteiger partial charge in [-0.3, -0.25) is 4.79 Å². The van der Waals surface area contributed by atoms with Crippen molar-refractivity contribution in [2.24, 2.45) is 5.92 Å². The fourth-order valence-corrected chi connectivity index (χ4v) is 4.41. The number of carbonyl (C=O) groups excluding carboxylic acids is 1. The van der Waals surface area contributed by atoms with Crippen molar-refractivity contribution in [3.05, 3.63) is 55.6 Å². The molecule has 1 amide bonds. The van der Waals surface area contributed by atoms with Gasteiger partial charge in [-0.2, -0.15) is 0 Å². The van der Waals surface area contributed by atoms with Gasteiger partial charge in [-0.05, 0) is 53.1 Å². The molecule has 150 valence electrons. The number of likely N-dealkylation sites (tertiary alicyclic amines) is 1. The smallest absolute Gasteiger partial charge is 0.265 e. The van der Waals surface area contributed by atoms with Gasteiger partial charge in [0.05, 0.1) is 17.1 Å². The van der Waals surface area contributed by atoms with Gasteiger partial charge in [-0.1, -0.05) is 30.1 Å². The molecule has 0 spiro atoms. The van der Waals surface area contributed by atoms with Crippen molar-refractivity contribution >= 4 is 51.7 Å². The predicted octanol–water partition coefficient (Wildman–Crippen LogP) is 5.51. The van der Waals surface area contributed by atoms with E-state index in [-0.39, 0.29) is 18.4 Å². The number of aromatic nitrogens is 2. The van der Waals surface area contributed by atoms with Crippen molar-refractivity contribution in [3.8, 4) is 0 Å². The van der Waals surface area contributed by atoms with Gasteiger partial charge in [0.1, 0.15) is 5.82 Å². The van der Waals surface area contributed by atoms with Crippen LogP contribution in [0.2, 0.25) is 10.0 Å². The summed E-state index contributed by atoms with van der Waals surface area (Å²) >= 11 is 13.8. The van der Waals surface area contributed by atoms with E-state index in [9.17, 15) is 13.6 Å². The van der Waals surface area contributed by atoms with E-state index >= 15 is 0 Å². The lowest BCUT2D eigenvalue weighted by molar-refractivity contribution is -0.0932. The van der Waals surface area contributed by atoms with Crippen LogP contribution < -0.4 is 0 Å². The van der Waals surface area contributed by atoms with Gasteiger partial charge in [0, 0.05) is 39.9 Å². The summed E-state index contributed by atoms with van der Waals surface area (Å²) in [5, 5.41) is 0.827. The molecule has 9 heteroatoms. The molecule has 1 fully saturated rings. The highest BCUT2D eigenvalue weighted by Gasteiger charge is 2.46. The number of piperidine rings is 1. The summed E-state index contributed by atoms with van der Waals surface area (Å²) in [7, 11) is 0. The molecule has 3 rings (SSSR count). The maximum Gasteiger partial charge on any atom is 0.265 e. The Bertz CT molecular complexity index is 867. The minimum atomic E-state index is -2.92. The quantitative estimate of drug-likeness (QED) is 0.481. The summed E-state index contributed by atoms with van der Waals surface area (Å²) in [6.45, 7) is 1.15. The van der Waals surface area contributed by atoms with Gasteiger partial charge in [0.15, 0.2) is 0 Å². The largest absolute Gasteiger partial charge is 0.329 e. The van der Waals surface area contributed by atoms with E-state index in [2.05, 4.69) is 9.97 Å². The molecule has 0 N–H and O–H groups in total. The third kappa shape index (κ3) is 5.10. The van der Waals surface area contributed by atoms with Crippen LogP contribution in [0.1, 0.15) is 35.9 Å². The third-order valence-electron chi connectivity index (χ3n) is 4.84. The van der Waals surface area contributed by atoms with Crippen LogP contribution in [0.15, 0.2) is 30.6 Å². The zero-order valence-corrected chi connectivity index (χ0v) is 18.7. The van der Waals surface area contributed by atoms with Gasteiger partial charge in [-0.25, -0.2) is 18.7 Å². The molecule has 0 saturated carbocycles. The van der Waals surface area contributed by atoms with Gasteiger partial charge < -0.3 is 4.90 Å². The first-order chi connectivity index (χ1) is 13.2. The van der Waals surface area contributed by atoms with Gasteiger partial charge >= 0.3 is 0 Å². The normalized spacial score (nSPS) is 21.6. The standard InChI is InChI=1S/C19H18Cl2F2IN3O/c1-11-7-19(22,23)10-27(18(28)14-6-12(20)2-3-15(14)24)16(11)4-5-17-25-8-13(21)9-26-17/h2-3,6,8-9,11,16H,4-5,7,10H2,1H3/t11-,16-/m1/s1. The molecule has 2 heterocycles. The molecule has 1 saturated heterocycles. The number of halogens is 5. The second-order valence-electron chi connectivity index (χ2n) is 7.02. The molecule has 0 bridgehead atoms.